The Labute approximate surface area is 186 Å². The third-order valence-corrected chi connectivity index (χ3v) is 6.79. The number of aromatic amines is 1. The smallest absolute Gasteiger partial charge is 0.180 e. The van der Waals surface area contributed by atoms with Crippen LogP contribution in [0.2, 0.25) is 0 Å². The highest BCUT2D eigenvalue weighted by atomic mass is 15.4. The number of aryl methyl sites for hydroxylation is 1. The van der Waals surface area contributed by atoms with Gasteiger partial charge in [-0.05, 0) is 31.7 Å². The molecule has 1 fully saturated rings. The Hall–Kier alpha value is -3.55. The molecule has 0 unspecified atom stereocenters. The zero-order valence-corrected chi connectivity index (χ0v) is 18.4. The summed E-state index contributed by atoms with van der Waals surface area (Å²) in [7, 11) is 0. The lowest BCUT2D eigenvalue weighted by atomic mass is 10.0. The third-order valence-electron chi connectivity index (χ3n) is 6.79. The summed E-state index contributed by atoms with van der Waals surface area (Å²) in [4.78, 5) is 12.6. The van der Waals surface area contributed by atoms with Crippen molar-refractivity contribution in [2.75, 3.05) is 4.90 Å². The minimum Gasteiger partial charge on any atom is -0.341 e. The van der Waals surface area contributed by atoms with Crippen LogP contribution >= 0.6 is 0 Å². The number of nitrogens with zero attached hydrogens (tertiary/aromatic N) is 7. The van der Waals surface area contributed by atoms with Crippen molar-refractivity contribution in [2.45, 2.75) is 58.0 Å². The number of H-pyrrole nitrogens is 1. The summed E-state index contributed by atoms with van der Waals surface area (Å²) in [5.74, 6) is 2.64. The summed E-state index contributed by atoms with van der Waals surface area (Å²) in [6, 6.07) is 10.9. The fourth-order valence-corrected chi connectivity index (χ4v) is 5.32. The van der Waals surface area contributed by atoms with Gasteiger partial charge in [0.2, 0.25) is 0 Å². The summed E-state index contributed by atoms with van der Waals surface area (Å²) in [5.41, 5.74) is 4.85. The summed E-state index contributed by atoms with van der Waals surface area (Å²) >= 11 is 0. The van der Waals surface area contributed by atoms with E-state index in [0.29, 0.717) is 11.9 Å². The predicted molar refractivity (Wildman–Crippen MR) is 122 cm³/mol. The van der Waals surface area contributed by atoms with Crippen molar-refractivity contribution in [1.29, 1.82) is 0 Å². The van der Waals surface area contributed by atoms with Crippen LogP contribution in [0, 0.1) is 6.92 Å². The Balaban J connectivity index is 1.56. The van der Waals surface area contributed by atoms with Crippen LogP contribution in [0.3, 0.4) is 0 Å². The summed E-state index contributed by atoms with van der Waals surface area (Å²) in [6.45, 7) is 4.26. The number of benzene rings is 1. The second kappa shape index (κ2) is 7.55. The highest BCUT2D eigenvalue weighted by molar-refractivity contribution is 5.79. The van der Waals surface area contributed by atoms with Crippen LogP contribution in [0.5, 0.6) is 0 Å². The molecule has 8 nitrogen and oxygen atoms in total. The summed E-state index contributed by atoms with van der Waals surface area (Å²) < 4.78 is 2.08. The van der Waals surface area contributed by atoms with E-state index in [9.17, 15) is 0 Å². The normalized spacial score (nSPS) is 18.1. The average Bonchev–Trinajstić information content (AvgIpc) is 3.59. The van der Waals surface area contributed by atoms with Crippen molar-refractivity contribution in [2.24, 2.45) is 0 Å². The maximum absolute atomic E-state index is 5.17. The Morgan fingerprint density at radius 1 is 1.09 bits per heavy atom. The van der Waals surface area contributed by atoms with Gasteiger partial charge >= 0.3 is 0 Å². The van der Waals surface area contributed by atoms with Gasteiger partial charge in [0.25, 0.3) is 0 Å². The summed E-state index contributed by atoms with van der Waals surface area (Å²) in [5, 5.41) is 16.2. The second-order valence-corrected chi connectivity index (χ2v) is 8.66. The Kier molecular flexibility index (Phi) is 4.52. The molecule has 0 amide bonds. The second-order valence-electron chi connectivity index (χ2n) is 8.66. The molecular formula is C24H26N8. The molecule has 1 aromatic carbocycles. The van der Waals surface area contributed by atoms with Gasteiger partial charge in [0, 0.05) is 11.6 Å². The van der Waals surface area contributed by atoms with Crippen LogP contribution in [-0.4, -0.2) is 41.0 Å². The molecule has 4 aromatic rings. The largest absolute Gasteiger partial charge is 0.341 e. The van der Waals surface area contributed by atoms with Crippen molar-refractivity contribution in [1.82, 2.24) is 34.9 Å². The molecule has 0 spiro atoms. The molecule has 6 rings (SSSR count). The van der Waals surface area contributed by atoms with Crippen LogP contribution in [0.4, 0.5) is 5.82 Å². The molecular weight excluding hydrogens is 400 g/mol. The maximum atomic E-state index is 5.17. The molecule has 0 saturated heterocycles. The number of fused-ring (bicyclic) bond motifs is 3. The Morgan fingerprint density at radius 2 is 1.91 bits per heavy atom. The van der Waals surface area contributed by atoms with Crippen LogP contribution < -0.4 is 4.90 Å². The molecule has 1 saturated carbocycles. The van der Waals surface area contributed by atoms with Gasteiger partial charge in [0.1, 0.15) is 17.7 Å². The standard InChI is InChI=1S/C24H26N8/c1-3-19-23-30-26-14-31(23)21-15(2)27-22(28-24(21)32(19)17-11-7-8-12-17)20-18(13-25-29-20)16-9-5-4-6-10-16/h4-6,9-10,13-14,17,19H,3,7-8,11-12H2,1-2H3,(H,25,29)/t19-/m1/s1. The first-order chi connectivity index (χ1) is 15.8. The number of hydrogen-bond donors (Lipinski definition) is 1. The van der Waals surface area contributed by atoms with Gasteiger partial charge in [0.15, 0.2) is 17.5 Å². The maximum Gasteiger partial charge on any atom is 0.180 e. The predicted octanol–water partition coefficient (Wildman–Crippen LogP) is 4.64. The van der Waals surface area contributed by atoms with E-state index in [1.807, 2.05) is 31.3 Å². The molecule has 1 aliphatic heterocycles. The lowest BCUT2D eigenvalue weighted by molar-refractivity contribution is 0.468. The van der Waals surface area contributed by atoms with Gasteiger partial charge in [-0.3, -0.25) is 9.67 Å². The van der Waals surface area contributed by atoms with Crippen LogP contribution in [0.15, 0.2) is 42.9 Å². The third kappa shape index (κ3) is 2.86. The topological polar surface area (TPSA) is 88.4 Å². The van der Waals surface area contributed by atoms with Gasteiger partial charge < -0.3 is 4.90 Å². The highest BCUT2D eigenvalue weighted by Crippen LogP contribution is 2.44. The molecule has 1 aliphatic carbocycles. The lowest BCUT2D eigenvalue weighted by Gasteiger charge is -2.41. The van der Waals surface area contributed by atoms with Gasteiger partial charge in [-0.2, -0.15) is 5.10 Å². The first-order valence-electron chi connectivity index (χ1n) is 11.4. The molecule has 3 aromatic heterocycles. The fraction of sp³-hybridized carbons (Fsp3) is 0.375. The number of aromatic nitrogens is 7. The quantitative estimate of drug-likeness (QED) is 0.512. The van der Waals surface area contributed by atoms with E-state index < -0.39 is 0 Å². The Morgan fingerprint density at radius 3 is 2.69 bits per heavy atom. The number of rotatable bonds is 4. The van der Waals surface area contributed by atoms with Crippen LogP contribution in [-0.2, 0) is 0 Å². The number of nitrogens with one attached hydrogen (secondary N) is 1. The molecule has 4 heterocycles. The van der Waals surface area contributed by atoms with E-state index in [-0.39, 0.29) is 6.04 Å². The molecule has 0 bridgehead atoms. The minimum absolute atomic E-state index is 0.158. The monoisotopic (exact) mass is 426 g/mol. The van der Waals surface area contributed by atoms with E-state index in [2.05, 4.69) is 48.9 Å². The van der Waals surface area contributed by atoms with Crippen LogP contribution in [0.1, 0.15) is 56.6 Å². The van der Waals surface area contributed by atoms with Gasteiger partial charge in [-0.1, -0.05) is 50.1 Å². The van der Waals surface area contributed by atoms with Gasteiger partial charge in [-0.15, -0.1) is 10.2 Å². The summed E-state index contributed by atoms with van der Waals surface area (Å²) in [6.07, 6.45) is 9.48. The molecule has 162 valence electrons. The molecule has 0 radical (unpaired) electrons. The van der Waals surface area contributed by atoms with Gasteiger partial charge in [-0.25, -0.2) is 9.97 Å². The number of hydrogen-bond acceptors (Lipinski definition) is 6. The van der Waals surface area contributed by atoms with E-state index in [1.54, 1.807) is 6.33 Å². The van der Waals surface area contributed by atoms with E-state index >= 15 is 0 Å². The molecule has 1 N–H and O–H groups in total. The van der Waals surface area contributed by atoms with Crippen molar-refractivity contribution in [3.8, 4) is 28.3 Å². The first-order valence-corrected chi connectivity index (χ1v) is 11.4. The van der Waals surface area contributed by atoms with E-state index in [1.165, 1.54) is 25.7 Å². The van der Waals surface area contributed by atoms with Crippen LogP contribution in [0.25, 0.3) is 28.3 Å². The first kappa shape index (κ1) is 19.2. The molecule has 32 heavy (non-hydrogen) atoms. The van der Waals surface area contributed by atoms with E-state index in [0.717, 1.165) is 46.3 Å². The average molecular weight is 427 g/mol. The zero-order valence-electron chi connectivity index (χ0n) is 18.4. The molecule has 8 heteroatoms. The molecule has 2 aliphatic rings. The van der Waals surface area contributed by atoms with Gasteiger partial charge in [0.05, 0.1) is 17.9 Å². The highest BCUT2D eigenvalue weighted by Gasteiger charge is 2.39. The fourth-order valence-electron chi connectivity index (χ4n) is 5.32. The van der Waals surface area contributed by atoms with Crippen molar-refractivity contribution >= 4 is 5.82 Å². The number of anilines is 1. The zero-order chi connectivity index (χ0) is 21.7. The minimum atomic E-state index is 0.158. The lowest BCUT2D eigenvalue weighted by Crippen LogP contribution is -2.42. The molecule has 1 atom stereocenters. The van der Waals surface area contributed by atoms with Crippen molar-refractivity contribution < 1.29 is 0 Å². The Bertz CT molecular complexity index is 1250. The van der Waals surface area contributed by atoms with Crippen molar-refractivity contribution in [3.05, 3.63) is 54.4 Å². The van der Waals surface area contributed by atoms with E-state index in [4.69, 9.17) is 9.97 Å². The SMILES string of the molecule is CC[C@@H]1c2nncn2-c2c(C)nc(-c3[nH]ncc3-c3ccccc3)nc2N1C1CCCC1. The van der Waals surface area contributed by atoms with Crippen molar-refractivity contribution in [3.63, 3.8) is 0 Å².